The number of ether oxygens (including phenoxy) is 1. The highest BCUT2D eigenvalue weighted by Gasteiger charge is 2.12. The molecule has 3 rings (SSSR count). The lowest BCUT2D eigenvalue weighted by atomic mass is 10.0. The van der Waals surface area contributed by atoms with Gasteiger partial charge in [-0.15, -0.1) is 0 Å². The van der Waals surface area contributed by atoms with E-state index in [9.17, 15) is 4.79 Å². The van der Waals surface area contributed by atoms with Gasteiger partial charge in [-0.05, 0) is 31.0 Å². The second-order valence-electron chi connectivity index (χ2n) is 5.99. The van der Waals surface area contributed by atoms with Crippen LogP contribution in [0.2, 0.25) is 0 Å². The van der Waals surface area contributed by atoms with E-state index in [0.717, 1.165) is 24.2 Å². The average Bonchev–Trinajstić information content (AvgIpc) is 2.59. The zero-order valence-electron chi connectivity index (χ0n) is 14.2. The SMILES string of the molecule is CCCCOc1ccc2c(=O)c(Cc3ccccc3)c(C)oc2c1. The summed E-state index contributed by atoms with van der Waals surface area (Å²) in [6, 6.07) is 15.4. The van der Waals surface area contributed by atoms with Crippen LogP contribution in [-0.4, -0.2) is 6.61 Å². The van der Waals surface area contributed by atoms with Crippen LogP contribution in [0.15, 0.2) is 57.7 Å². The molecule has 0 saturated heterocycles. The molecule has 1 aromatic heterocycles. The molecule has 0 aliphatic heterocycles. The first-order valence-electron chi connectivity index (χ1n) is 8.42. The lowest BCUT2D eigenvalue weighted by Gasteiger charge is -2.09. The van der Waals surface area contributed by atoms with Crippen molar-refractivity contribution < 1.29 is 9.15 Å². The molecule has 0 spiro atoms. The number of hydrogen-bond acceptors (Lipinski definition) is 3. The van der Waals surface area contributed by atoms with Crippen LogP contribution in [0.1, 0.15) is 36.7 Å². The Labute approximate surface area is 141 Å². The summed E-state index contributed by atoms with van der Waals surface area (Å²) in [7, 11) is 0. The second kappa shape index (κ2) is 7.35. The minimum atomic E-state index is 0.0395. The van der Waals surface area contributed by atoms with Crippen LogP contribution in [0, 0.1) is 6.92 Å². The van der Waals surface area contributed by atoms with Crippen molar-refractivity contribution in [2.45, 2.75) is 33.1 Å². The van der Waals surface area contributed by atoms with Crippen LogP contribution in [-0.2, 0) is 6.42 Å². The first-order chi connectivity index (χ1) is 11.7. The maximum atomic E-state index is 12.8. The molecular weight excluding hydrogens is 300 g/mol. The highest BCUT2D eigenvalue weighted by molar-refractivity contribution is 5.79. The monoisotopic (exact) mass is 322 g/mol. The molecule has 0 aliphatic carbocycles. The third-order valence-corrected chi connectivity index (χ3v) is 4.15. The van der Waals surface area contributed by atoms with Crippen molar-refractivity contribution >= 4 is 11.0 Å². The first-order valence-corrected chi connectivity index (χ1v) is 8.42. The van der Waals surface area contributed by atoms with E-state index in [0.29, 0.717) is 35.3 Å². The molecule has 0 amide bonds. The van der Waals surface area contributed by atoms with Crippen molar-refractivity contribution in [2.75, 3.05) is 6.61 Å². The van der Waals surface area contributed by atoms with Gasteiger partial charge in [0.1, 0.15) is 17.1 Å². The molecule has 3 heteroatoms. The number of rotatable bonds is 6. The number of aryl methyl sites for hydroxylation is 1. The van der Waals surface area contributed by atoms with Gasteiger partial charge in [-0.1, -0.05) is 43.7 Å². The summed E-state index contributed by atoms with van der Waals surface area (Å²) in [5, 5.41) is 0.606. The molecule has 3 nitrogen and oxygen atoms in total. The van der Waals surface area contributed by atoms with Crippen LogP contribution in [0.3, 0.4) is 0 Å². The number of unbranched alkanes of at least 4 members (excludes halogenated alkanes) is 1. The third-order valence-electron chi connectivity index (χ3n) is 4.15. The van der Waals surface area contributed by atoms with Gasteiger partial charge in [-0.3, -0.25) is 4.79 Å². The van der Waals surface area contributed by atoms with Gasteiger partial charge in [-0.2, -0.15) is 0 Å². The normalized spacial score (nSPS) is 10.9. The molecule has 0 bridgehead atoms. The van der Waals surface area contributed by atoms with Gasteiger partial charge in [-0.25, -0.2) is 0 Å². The van der Waals surface area contributed by atoms with Gasteiger partial charge in [0.25, 0.3) is 0 Å². The van der Waals surface area contributed by atoms with Gasteiger partial charge >= 0.3 is 0 Å². The lowest BCUT2D eigenvalue weighted by molar-refractivity contribution is 0.309. The summed E-state index contributed by atoms with van der Waals surface area (Å²) in [5.74, 6) is 1.41. The van der Waals surface area contributed by atoms with E-state index in [1.165, 1.54) is 0 Å². The van der Waals surface area contributed by atoms with Gasteiger partial charge in [0.15, 0.2) is 5.43 Å². The lowest BCUT2D eigenvalue weighted by Crippen LogP contribution is -2.12. The van der Waals surface area contributed by atoms with E-state index in [2.05, 4.69) is 6.92 Å². The zero-order valence-corrected chi connectivity index (χ0v) is 14.2. The number of benzene rings is 2. The van der Waals surface area contributed by atoms with Gasteiger partial charge in [0.05, 0.1) is 12.0 Å². The van der Waals surface area contributed by atoms with Crippen LogP contribution in [0.4, 0.5) is 0 Å². The van der Waals surface area contributed by atoms with Crippen molar-refractivity contribution in [3.05, 3.63) is 75.6 Å². The van der Waals surface area contributed by atoms with E-state index in [-0.39, 0.29) is 5.43 Å². The van der Waals surface area contributed by atoms with Crippen LogP contribution < -0.4 is 10.2 Å². The van der Waals surface area contributed by atoms with E-state index in [1.807, 2.05) is 49.4 Å². The molecule has 124 valence electrons. The second-order valence-corrected chi connectivity index (χ2v) is 5.99. The Morgan fingerprint density at radius 3 is 2.62 bits per heavy atom. The Kier molecular flexibility index (Phi) is 4.99. The Balaban J connectivity index is 1.95. The van der Waals surface area contributed by atoms with Crippen LogP contribution >= 0.6 is 0 Å². The van der Waals surface area contributed by atoms with Crippen molar-refractivity contribution in [3.8, 4) is 5.75 Å². The van der Waals surface area contributed by atoms with E-state index in [1.54, 1.807) is 6.07 Å². The fourth-order valence-electron chi connectivity index (χ4n) is 2.75. The van der Waals surface area contributed by atoms with Crippen LogP contribution in [0.5, 0.6) is 5.75 Å². The highest BCUT2D eigenvalue weighted by atomic mass is 16.5. The molecule has 0 saturated carbocycles. The molecule has 1 heterocycles. The Hall–Kier alpha value is -2.55. The fourth-order valence-corrected chi connectivity index (χ4v) is 2.75. The fraction of sp³-hybridized carbons (Fsp3) is 0.286. The summed E-state index contributed by atoms with van der Waals surface area (Å²) < 4.78 is 11.6. The molecular formula is C21H22O3. The van der Waals surface area contributed by atoms with E-state index >= 15 is 0 Å². The molecule has 0 atom stereocenters. The predicted octanol–water partition coefficient (Wildman–Crippen LogP) is 4.87. The standard InChI is InChI=1S/C21H22O3/c1-3-4-12-23-17-10-11-18-20(14-17)24-15(2)19(21(18)22)13-16-8-6-5-7-9-16/h5-11,14H,3-4,12-13H2,1-2H3. The minimum absolute atomic E-state index is 0.0395. The average molecular weight is 322 g/mol. The molecule has 0 radical (unpaired) electrons. The largest absolute Gasteiger partial charge is 0.493 e. The summed E-state index contributed by atoms with van der Waals surface area (Å²) in [4.78, 5) is 12.8. The molecule has 24 heavy (non-hydrogen) atoms. The van der Waals surface area contributed by atoms with E-state index in [4.69, 9.17) is 9.15 Å². The maximum absolute atomic E-state index is 12.8. The van der Waals surface area contributed by atoms with Gasteiger partial charge in [0.2, 0.25) is 0 Å². The Morgan fingerprint density at radius 1 is 1.08 bits per heavy atom. The smallest absolute Gasteiger partial charge is 0.196 e. The van der Waals surface area contributed by atoms with E-state index < -0.39 is 0 Å². The molecule has 0 aliphatic rings. The molecule has 0 unspecified atom stereocenters. The Bertz CT molecular complexity index is 879. The first kappa shape index (κ1) is 16.3. The van der Waals surface area contributed by atoms with Crippen molar-refractivity contribution in [2.24, 2.45) is 0 Å². The zero-order chi connectivity index (χ0) is 16.9. The quantitative estimate of drug-likeness (QED) is 0.608. The third kappa shape index (κ3) is 3.51. The molecule has 2 aromatic carbocycles. The van der Waals surface area contributed by atoms with Crippen LogP contribution in [0.25, 0.3) is 11.0 Å². The minimum Gasteiger partial charge on any atom is -0.493 e. The summed E-state index contributed by atoms with van der Waals surface area (Å²) in [6.07, 6.45) is 2.68. The molecule has 3 aromatic rings. The van der Waals surface area contributed by atoms with Crippen molar-refractivity contribution in [3.63, 3.8) is 0 Å². The Morgan fingerprint density at radius 2 is 1.88 bits per heavy atom. The highest BCUT2D eigenvalue weighted by Crippen LogP contribution is 2.22. The number of fused-ring (bicyclic) bond motifs is 1. The summed E-state index contributed by atoms with van der Waals surface area (Å²) in [5.41, 5.74) is 2.45. The molecule has 0 N–H and O–H groups in total. The summed E-state index contributed by atoms with van der Waals surface area (Å²) >= 11 is 0. The topological polar surface area (TPSA) is 39.4 Å². The maximum Gasteiger partial charge on any atom is 0.196 e. The van der Waals surface area contributed by atoms with Gasteiger partial charge < -0.3 is 9.15 Å². The van der Waals surface area contributed by atoms with Crippen molar-refractivity contribution in [1.29, 1.82) is 0 Å². The summed E-state index contributed by atoms with van der Waals surface area (Å²) in [6.45, 7) is 4.65. The molecule has 0 fully saturated rings. The van der Waals surface area contributed by atoms with Crippen molar-refractivity contribution in [1.82, 2.24) is 0 Å². The number of hydrogen-bond donors (Lipinski definition) is 0. The predicted molar refractivity (Wildman–Crippen MR) is 96.9 cm³/mol. The van der Waals surface area contributed by atoms with Gasteiger partial charge in [0, 0.05) is 18.1 Å².